The first-order valence-corrected chi connectivity index (χ1v) is 6.69. The Balaban J connectivity index is 1.72. The van der Waals surface area contributed by atoms with Crippen molar-refractivity contribution in [3.05, 3.63) is 39.9 Å². The molecule has 0 radical (unpaired) electrons. The first-order valence-electron chi connectivity index (χ1n) is 6.69. The zero-order valence-corrected chi connectivity index (χ0v) is 11.0. The quantitative estimate of drug-likeness (QED) is 0.486. The summed E-state index contributed by atoms with van der Waals surface area (Å²) in [7, 11) is 0. The summed E-state index contributed by atoms with van der Waals surface area (Å²) in [6, 6.07) is 6.60. The predicted molar refractivity (Wildman–Crippen MR) is 73.0 cm³/mol. The Morgan fingerprint density at radius 1 is 1.26 bits per heavy atom. The fourth-order valence-corrected chi connectivity index (χ4v) is 2.47. The van der Waals surface area contributed by atoms with Gasteiger partial charge in [0.15, 0.2) is 0 Å². The van der Waals surface area contributed by atoms with Gasteiger partial charge >= 0.3 is 0 Å². The van der Waals surface area contributed by atoms with E-state index >= 15 is 0 Å². The lowest BCUT2D eigenvalue weighted by Crippen LogP contribution is -2.41. The van der Waals surface area contributed by atoms with Gasteiger partial charge in [0.05, 0.1) is 18.1 Å². The van der Waals surface area contributed by atoms with E-state index in [4.69, 9.17) is 10.5 Å². The summed E-state index contributed by atoms with van der Waals surface area (Å²) in [5.41, 5.74) is 7.23. The number of hydrogen-bond acceptors (Lipinski definition) is 4. The maximum Gasteiger partial charge on any atom is 0.269 e. The van der Waals surface area contributed by atoms with Crippen molar-refractivity contribution in [3.63, 3.8) is 0 Å². The summed E-state index contributed by atoms with van der Waals surface area (Å²) in [6.07, 6.45) is 5.24. The fourth-order valence-electron chi connectivity index (χ4n) is 2.47. The van der Waals surface area contributed by atoms with Crippen molar-refractivity contribution < 1.29 is 9.66 Å². The molecule has 0 amide bonds. The van der Waals surface area contributed by atoms with Crippen LogP contribution in [0.2, 0.25) is 0 Å². The Morgan fingerprint density at radius 3 is 2.47 bits per heavy atom. The zero-order valence-electron chi connectivity index (χ0n) is 11.0. The lowest BCUT2D eigenvalue weighted by Gasteiger charge is -2.23. The van der Waals surface area contributed by atoms with Crippen LogP contribution in [0.4, 0.5) is 5.69 Å². The number of rotatable bonds is 6. The summed E-state index contributed by atoms with van der Waals surface area (Å²) in [5, 5.41) is 10.5. The number of nitrogens with zero attached hydrogens (tertiary/aromatic N) is 1. The maximum atomic E-state index is 10.5. The third-order valence-corrected chi connectivity index (χ3v) is 3.67. The SMILES string of the molecule is NC1(COCCc2ccc([N+](=O)[O-])cc2)CCCC1. The predicted octanol–water partition coefficient (Wildman–Crippen LogP) is 2.43. The number of nitro benzene ring substituents is 1. The molecule has 0 saturated heterocycles. The number of benzene rings is 1. The Bertz CT molecular complexity index is 425. The first-order chi connectivity index (χ1) is 9.09. The molecule has 5 heteroatoms. The molecule has 1 aliphatic rings. The van der Waals surface area contributed by atoms with Crippen molar-refractivity contribution in [2.45, 2.75) is 37.6 Å². The van der Waals surface area contributed by atoms with Gasteiger partial charge in [0.1, 0.15) is 0 Å². The van der Waals surface area contributed by atoms with Crippen LogP contribution in [0.3, 0.4) is 0 Å². The second-order valence-corrected chi connectivity index (χ2v) is 5.30. The van der Waals surface area contributed by atoms with E-state index in [0.29, 0.717) is 13.2 Å². The van der Waals surface area contributed by atoms with Crippen LogP contribution in [0.1, 0.15) is 31.2 Å². The fraction of sp³-hybridized carbons (Fsp3) is 0.571. The largest absolute Gasteiger partial charge is 0.379 e. The van der Waals surface area contributed by atoms with Crippen LogP contribution in [0.25, 0.3) is 0 Å². The molecule has 1 aromatic carbocycles. The molecule has 0 heterocycles. The highest BCUT2D eigenvalue weighted by Crippen LogP contribution is 2.27. The van der Waals surface area contributed by atoms with Crippen molar-refractivity contribution >= 4 is 5.69 Å². The van der Waals surface area contributed by atoms with Crippen LogP contribution in [0.15, 0.2) is 24.3 Å². The second kappa shape index (κ2) is 6.12. The van der Waals surface area contributed by atoms with Gasteiger partial charge in [0.2, 0.25) is 0 Å². The monoisotopic (exact) mass is 264 g/mol. The number of ether oxygens (including phenoxy) is 1. The Hall–Kier alpha value is -1.46. The molecule has 2 rings (SSSR count). The normalized spacial score (nSPS) is 17.5. The summed E-state index contributed by atoms with van der Waals surface area (Å²) in [5.74, 6) is 0. The molecule has 104 valence electrons. The Morgan fingerprint density at radius 2 is 1.89 bits per heavy atom. The average molecular weight is 264 g/mol. The Kier molecular flexibility index (Phi) is 4.50. The molecule has 0 bridgehead atoms. The van der Waals surface area contributed by atoms with Crippen LogP contribution >= 0.6 is 0 Å². The minimum absolute atomic E-state index is 0.122. The van der Waals surface area contributed by atoms with Crippen molar-refractivity contribution in [1.29, 1.82) is 0 Å². The molecule has 1 saturated carbocycles. The minimum atomic E-state index is -0.390. The first kappa shape index (κ1) is 14.0. The van der Waals surface area contributed by atoms with Gasteiger partial charge in [0, 0.05) is 17.7 Å². The minimum Gasteiger partial charge on any atom is -0.379 e. The van der Waals surface area contributed by atoms with E-state index in [1.807, 2.05) is 0 Å². The van der Waals surface area contributed by atoms with Gasteiger partial charge in [-0.2, -0.15) is 0 Å². The molecule has 0 aliphatic heterocycles. The van der Waals surface area contributed by atoms with Gasteiger partial charge in [-0.15, -0.1) is 0 Å². The van der Waals surface area contributed by atoms with Crippen molar-refractivity contribution in [2.75, 3.05) is 13.2 Å². The molecule has 0 unspecified atom stereocenters. The van der Waals surface area contributed by atoms with Gasteiger partial charge < -0.3 is 10.5 Å². The lowest BCUT2D eigenvalue weighted by atomic mass is 10.0. The number of hydrogen-bond donors (Lipinski definition) is 1. The molecule has 1 fully saturated rings. The van der Waals surface area contributed by atoms with E-state index in [-0.39, 0.29) is 11.2 Å². The average Bonchev–Trinajstić information content (AvgIpc) is 2.83. The molecule has 0 aromatic heterocycles. The molecule has 0 atom stereocenters. The topological polar surface area (TPSA) is 78.4 Å². The van der Waals surface area contributed by atoms with Crippen LogP contribution < -0.4 is 5.73 Å². The van der Waals surface area contributed by atoms with E-state index in [1.165, 1.54) is 25.0 Å². The molecule has 1 aromatic rings. The number of non-ortho nitro benzene ring substituents is 1. The van der Waals surface area contributed by atoms with E-state index in [1.54, 1.807) is 12.1 Å². The van der Waals surface area contributed by atoms with E-state index in [9.17, 15) is 10.1 Å². The molecule has 2 N–H and O–H groups in total. The summed E-state index contributed by atoms with van der Waals surface area (Å²) >= 11 is 0. The molecule has 1 aliphatic carbocycles. The molecule has 0 spiro atoms. The van der Waals surface area contributed by atoms with E-state index in [2.05, 4.69) is 0 Å². The van der Waals surface area contributed by atoms with Crippen LogP contribution in [0, 0.1) is 10.1 Å². The second-order valence-electron chi connectivity index (χ2n) is 5.30. The van der Waals surface area contributed by atoms with Crippen LogP contribution in [-0.2, 0) is 11.2 Å². The zero-order chi connectivity index (χ0) is 13.7. The van der Waals surface area contributed by atoms with Gasteiger partial charge in [-0.25, -0.2) is 0 Å². The molecular formula is C14H20N2O3. The standard InChI is InChI=1S/C14H20N2O3/c15-14(8-1-2-9-14)11-19-10-7-12-3-5-13(6-4-12)16(17)18/h3-6H,1-2,7-11,15H2. The maximum absolute atomic E-state index is 10.5. The summed E-state index contributed by atoms with van der Waals surface area (Å²) in [4.78, 5) is 10.1. The molecular weight excluding hydrogens is 244 g/mol. The third kappa shape index (κ3) is 4.01. The van der Waals surface area contributed by atoms with Gasteiger partial charge in [-0.3, -0.25) is 10.1 Å². The van der Waals surface area contributed by atoms with Crippen molar-refractivity contribution in [1.82, 2.24) is 0 Å². The summed E-state index contributed by atoms with van der Waals surface area (Å²) < 4.78 is 5.64. The van der Waals surface area contributed by atoms with Gasteiger partial charge in [-0.05, 0) is 24.8 Å². The summed E-state index contributed by atoms with van der Waals surface area (Å²) in [6.45, 7) is 1.22. The van der Waals surface area contributed by atoms with E-state index < -0.39 is 4.92 Å². The smallest absolute Gasteiger partial charge is 0.269 e. The number of nitrogens with two attached hydrogens (primary N) is 1. The molecule has 5 nitrogen and oxygen atoms in total. The van der Waals surface area contributed by atoms with Crippen LogP contribution in [-0.4, -0.2) is 23.7 Å². The van der Waals surface area contributed by atoms with Crippen molar-refractivity contribution in [3.8, 4) is 0 Å². The van der Waals surface area contributed by atoms with Gasteiger partial charge in [-0.1, -0.05) is 25.0 Å². The van der Waals surface area contributed by atoms with E-state index in [0.717, 1.165) is 24.8 Å². The van der Waals surface area contributed by atoms with Gasteiger partial charge in [0.25, 0.3) is 5.69 Å². The highest BCUT2D eigenvalue weighted by atomic mass is 16.6. The highest BCUT2D eigenvalue weighted by Gasteiger charge is 2.29. The molecule has 19 heavy (non-hydrogen) atoms. The number of nitro groups is 1. The highest BCUT2D eigenvalue weighted by molar-refractivity contribution is 5.32. The van der Waals surface area contributed by atoms with Crippen molar-refractivity contribution in [2.24, 2.45) is 5.73 Å². The third-order valence-electron chi connectivity index (χ3n) is 3.67. The van der Waals surface area contributed by atoms with Crippen LogP contribution in [0.5, 0.6) is 0 Å². The lowest BCUT2D eigenvalue weighted by molar-refractivity contribution is -0.384. The Labute approximate surface area is 112 Å².